The topological polar surface area (TPSA) is 9.86 Å². The van der Waals surface area contributed by atoms with Gasteiger partial charge in [0.1, 0.15) is 0 Å². The first-order chi connectivity index (χ1) is 20.1. The van der Waals surface area contributed by atoms with Crippen LogP contribution in [0.3, 0.4) is 0 Å². The third-order valence-electron chi connectivity index (χ3n) is 8.56. The highest BCUT2D eigenvalue weighted by Crippen LogP contribution is 2.37. The Hall–Kier alpha value is -4.82. The summed E-state index contributed by atoms with van der Waals surface area (Å²) in [5.74, 6) is 0. The second kappa shape index (κ2) is 9.98. The summed E-state index contributed by atoms with van der Waals surface area (Å²) in [7, 11) is 0. The predicted molar refractivity (Wildman–Crippen MR) is 177 cm³/mol. The number of aryl methyl sites for hydroxylation is 3. The minimum atomic E-state index is 1.10. The molecule has 0 atom stereocenters. The second-order valence-corrected chi connectivity index (χ2v) is 11.0. The molecule has 7 rings (SSSR count). The van der Waals surface area contributed by atoms with Crippen molar-refractivity contribution in [2.75, 3.05) is 0 Å². The van der Waals surface area contributed by atoms with E-state index in [1.807, 2.05) is 6.08 Å². The van der Waals surface area contributed by atoms with Crippen LogP contribution in [-0.4, -0.2) is 9.13 Å². The van der Waals surface area contributed by atoms with Gasteiger partial charge in [0.2, 0.25) is 0 Å². The van der Waals surface area contributed by atoms with E-state index in [1.165, 1.54) is 66.6 Å². The van der Waals surface area contributed by atoms with Crippen LogP contribution in [0.1, 0.15) is 47.0 Å². The first-order valence-electron chi connectivity index (χ1n) is 14.5. The number of hydrogen-bond acceptors (Lipinski definition) is 0. The third-order valence-corrected chi connectivity index (χ3v) is 8.56. The summed E-state index contributed by atoms with van der Waals surface area (Å²) in [4.78, 5) is 0. The van der Waals surface area contributed by atoms with Crippen LogP contribution in [0.5, 0.6) is 0 Å². The molecule has 41 heavy (non-hydrogen) atoms. The Kier molecular flexibility index (Phi) is 6.12. The molecule has 0 amide bonds. The van der Waals surface area contributed by atoms with Crippen LogP contribution in [-0.2, 0) is 6.42 Å². The molecule has 1 aliphatic rings. The van der Waals surface area contributed by atoms with Crippen molar-refractivity contribution in [1.29, 1.82) is 0 Å². The fraction of sp³-hybridized carbons (Fsp3) is 0.128. The van der Waals surface area contributed by atoms with Crippen LogP contribution in [0.25, 0.3) is 62.5 Å². The third kappa shape index (κ3) is 3.94. The molecule has 2 heteroatoms. The van der Waals surface area contributed by atoms with Crippen molar-refractivity contribution in [1.82, 2.24) is 9.13 Å². The van der Waals surface area contributed by atoms with Crippen LogP contribution in [0.15, 0.2) is 104 Å². The summed E-state index contributed by atoms with van der Waals surface area (Å²) < 4.78 is 4.79. The number of allylic oxidation sites excluding steroid dienone is 2. The van der Waals surface area contributed by atoms with E-state index < -0.39 is 0 Å². The first-order valence-corrected chi connectivity index (χ1v) is 14.5. The Morgan fingerprint density at radius 3 is 1.98 bits per heavy atom. The highest BCUT2D eigenvalue weighted by molar-refractivity contribution is 5.95. The van der Waals surface area contributed by atoms with Gasteiger partial charge in [0.05, 0.1) is 16.7 Å². The van der Waals surface area contributed by atoms with Gasteiger partial charge in [-0.1, -0.05) is 73.3 Å². The highest BCUT2D eigenvalue weighted by atomic mass is 15.0. The minimum Gasteiger partial charge on any atom is -0.310 e. The van der Waals surface area contributed by atoms with Crippen molar-refractivity contribution in [3.05, 3.63) is 137 Å². The molecule has 0 bridgehead atoms. The minimum absolute atomic E-state index is 1.10. The molecule has 0 radical (unpaired) electrons. The van der Waals surface area contributed by atoms with E-state index in [-0.39, 0.29) is 0 Å². The maximum absolute atomic E-state index is 4.13. The average Bonchev–Trinajstić information content (AvgIpc) is 3.50. The van der Waals surface area contributed by atoms with Crippen molar-refractivity contribution in [3.63, 3.8) is 0 Å². The van der Waals surface area contributed by atoms with E-state index in [2.05, 4.69) is 146 Å². The quantitative estimate of drug-likeness (QED) is 0.210. The molecule has 4 aromatic carbocycles. The van der Waals surface area contributed by atoms with Crippen LogP contribution in [0.2, 0.25) is 0 Å². The molecule has 2 heterocycles. The monoisotopic (exact) mass is 530 g/mol. The number of nitrogens with zero attached hydrogens (tertiary/aromatic N) is 2. The lowest BCUT2D eigenvalue weighted by Crippen LogP contribution is -2.01. The van der Waals surface area contributed by atoms with Crippen LogP contribution < -0.4 is 0 Å². The van der Waals surface area contributed by atoms with Gasteiger partial charge < -0.3 is 9.13 Å². The van der Waals surface area contributed by atoms with E-state index >= 15 is 0 Å². The summed E-state index contributed by atoms with van der Waals surface area (Å²) in [6, 6.07) is 31.2. The zero-order chi connectivity index (χ0) is 28.1. The van der Waals surface area contributed by atoms with Gasteiger partial charge in [-0.2, -0.15) is 0 Å². The smallest absolute Gasteiger partial charge is 0.0541 e. The molecule has 0 saturated heterocycles. The molecule has 0 aliphatic heterocycles. The van der Waals surface area contributed by atoms with Gasteiger partial charge in [0.15, 0.2) is 0 Å². The van der Waals surface area contributed by atoms with Crippen molar-refractivity contribution >= 4 is 40.0 Å². The van der Waals surface area contributed by atoms with Crippen LogP contribution >= 0.6 is 0 Å². The molecule has 0 unspecified atom stereocenters. The van der Waals surface area contributed by atoms with Crippen molar-refractivity contribution in [3.8, 4) is 22.5 Å². The molecule has 0 saturated carbocycles. The number of para-hydroxylation sites is 2. The lowest BCUT2D eigenvalue weighted by atomic mass is 9.95. The number of fused-ring (bicyclic) bond motifs is 4. The molecule has 2 aromatic heterocycles. The standard InChI is InChI=1S/C39H34N2/c1-5-13-36-30(6-2)33-14-7-10-17-37(33)40(36)28-20-22-31(26(3)24-28)32-23-21-29(25-27(32)4)41-38-18-11-8-15-34(38)35-16-9-12-19-39(35)41/h5-8,10-15,17-25H,2,9,16H2,1,3-4H3/b13-5-. The van der Waals surface area contributed by atoms with Gasteiger partial charge in [-0.25, -0.2) is 0 Å². The Balaban J connectivity index is 1.33. The van der Waals surface area contributed by atoms with Gasteiger partial charge in [0, 0.05) is 33.4 Å². The number of hydrogen-bond donors (Lipinski definition) is 0. The van der Waals surface area contributed by atoms with E-state index in [1.54, 1.807) is 0 Å². The van der Waals surface area contributed by atoms with E-state index in [4.69, 9.17) is 0 Å². The normalized spacial score (nSPS) is 13.0. The molecule has 200 valence electrons. The van der Waals surface area contributed by atoms with Gasteiger partial charge in [-0.3, -0.25) is 0 Å². The summed E-state index contributed by atoms with van der Waals surface area (Å²) in [5.41, 5.74) is 15.0. The van der Waals surface area contributed by atoms with Gasteiger partial charge >= 0.3 is 0 Å². The summed E-state index contributed by atoms with van der Waals surface area (Å²) in [5, 5.41) is 2.59. The maximum Gasteiger partial charge on any atom is 0.0541 e. The van der Waals surface area contributed by atoms with Crippen LogP contribution in [0.4, 0.5) is 0 Å². The van der Waals surface area contributed by atoms with Crippen molar-refractivity contribution in [2.24, 2.45) is 0 Å². The summed E-state index contributed by atoms with van der Waals surface area (Å²) >= 11 is 0. The predicted octanol–water partition coefficient (Wildman–Crippen LogP) is 10.5. The lowest BCUT2D eigenvalue weighted by Gasteiger charge is -2.17. The molecule has 1 aliphatic carbocycles. The number of aromatic nitrogens is 2. The van der Waals surface area contributed by atoms with Crippen molar-refractivity contribution < 1.29 is 0 Å². The molecule has 0 fully saturated rings. The lowest BCUT2D eigenvalue weighted by molar-refractivity contribution is 0.967. The Morgan fingerprint density at radius 2 is 1.34 bits per heavy atom. The average molecular weight is 531 g/mol. The fourth-order valence-corrected chi connectivity index (χ4v) is 6.74. The summed E-state index contributed by atoms with van der Waals surface area (Å²) in [6.07, 6.45) is 13.1. The Bertz CT molecular complexity index is 2040. The Morgan fingerprint density at radius 1 is 0.732 bits per heavy atom. The van der Waals surface area contributed by atoms with Gasteiger partial charge in [-0.05, 0) is 110 Å². The zero-order valence-electron chi connectivity index (χ0n) is 24.0. The first kappa shape index (κ1) is 25.2. The largest absolute Gasteiger partial charge is 0.310 e. The molecule has 2 nitrogen and oxygen atoms in total. The summed E-state index contributed by atoms with van der Waals surface area (Å²) in [6.45, 7) is 10.7. The van der Waals surface area contributed by atoms with E-state index in [0.717, 1.165) is 24.2 Å². The number of rotatable bonds is 5. The Labute approximate surface area is 242 Å². The SMILES string of the molecule is C=Cc1c(/C=C\C)n(-c2ccc(-c3ccc(-n4c5c(c6ccccc64)CCC=C5)cc3C)c(C)c2)c2ccccc12. The van der Waals surface area contributed by atoms with Crippen LogP contribution in [0, 0.1) is 13.8 Å². The van der Waals surface area contributed by atoms with Gasteiger partial charge in [-0.15, -0.1) is 0 Å². The molecule has 0 N–H and O–H groups in total. The maximum atomic E-state index is 4.13. The zero-order valence-corrected chi connectivity index (χ0v) is 24.0. The van der Waals surface area contributed by atoms with Crippen molar-refractivity contribution in [2.45, 2.75) is 33.6 Å². The highest BCUT2D eigenvalue weighted by Gasteiger charge is 2.19. The molecular weight excluding hydrogens is 496 g/mol. The fourth-order valence-electron chi connectivity index (χ4n) is 6.74. The molecular formula is C39H34N2. The van der Waals surface area contributed by atoms with E-state index in [0.29, 0.717) is 0 Å². The van der Waals surface area contributed by atoms with E-state index in [9.17, 15) is 0 Å². The second-order valence-electron chi connectivity index (χ2n) is 11.0. The number of benzene rings is 4. The molecule has 0 spiro atoms. The van der Waals surface area contributed by atoms with Gasteiger partial charge in [0.25, 0.3) is 0 Å². The molecule has 6 aromatic rings.